The maximum Gasteiger partial charge on any atom is 0.416 e. The zero-order valence-corrected chi connectivity index (χ0v) is 16.4. The third kappa shape index (κ3) is 3.95. The van der Waals surface area contributed by atoms with E-state index in [-0.39, 0.29) is 28.3 Å². The van der Waals surface area contributed by atoms with Crippen molar-refractivity contribution in [1.82, 2.24) is 5.32 Å². The van der Waals surface area contributed by atoms with Crippen molar-refractivity contribution >= 4 is 23.0 Å². The van der Waals surface area contributed by atoms with Gasteiger partial charge in [0.1, 0.15) is 0 Å². The van der Waals surface area contributed by atoms with Gasteiger partial charge in [-0.15, -0.1) is 0 Å². The van der Waals surface area contributed by atoms with Crippen LogP contribution >= 0.6 is 12.2 Å². The van der Waals surface area contributed by atoms with Gasteiger partial charge in [0, 0.05) is 11.7 Å². The Balaban J connectivity index is 1.74. The molecule has 3 saturated carbocycles. The summed E-state index contributed by atoms with van der Waals surface area (Å²) >= 11 is 5.17. The summed E-state index contributed by atoms with van der Waals surface area (Å²) in [5, 5.41) is 5.63. The van der Waals surface area contributed by atoms with Crippen molar-refractivity contribution in [2.45, 2.75) is 52.0 Å². The second-order valence-electron chi connectivity index (χ2n) is 8.45. The summed E-state index contributed by atoms with van der Waals surface area (Å²) < 4.78 is 77.8. The lowest BCUT2D eigenvalue weighted by Crippen LogP contribution is -2.61. The molecular formula is C19H22F6N2S. The molecule has 156 valence electrons. The second kappa shape index (κ2) is 6.78. The molecule has 0 saturated heterocycles. The molecule has 4 atom stereocenters. The Morgan fingerprint density at radius 1 is 1.00 bits per heavy atom. The summed E-state index contributed by atoms with van der Waals surface area (Å²) in [7, 11) is 0. The van der Waals surface area contributed by atoms with Gasteiger partial charge in [-0.2, -0.15) is 26.3 Å². The van der Waals surface area contributed by atoms with E-state index < -0.39 is 23.5 Å². The minimum atomic E-state index is -4.89. The van der Waals surface area contributed by atoms with Crippen molar-refractivity contribution in [1.29, 1.82) is 0 Å². The highest BCUT2D eigenvalue weighted by atomic mass is 32.1. The molecule has 28 heavy (non-hydrogen) atoms. The van der Waals surface area contributed by atoms with Gasteiger partial charge in [0.05, 0.1) is 11.1 Å². The van der Waals surface area contributed by atoms with Gasteiger partial charge in [0.2, 0.25) is 0 Å². The predicted octanol–water partition coefficient (Wildman–Crippen LogP) is 6.08. The SMILES string of the molecule is C[C@@H]1[C@H]2C[C@@H](C[C@H]1NC(=S)Nc1cc(C(F)(F)F)cc(C(F)(F)F)c1)C2(C)C. The predicted molar refractivity (Wildman–Crippen MR) is 98.7 cm³/mol. The van der Waals surface area contributed by atoms with E-state index in [0.717, 1.165) is 12.8 Å². The van der Waals surface area contributed by atoms with Crippen LogP contribution in [0.5, 0.6) is 0 Å². The summed E-state index contributed by atoms with van der Waals surface area (Å²) in [6.07, 6.45) is -7.76. The molecule has 0 radical (unpaired) electrons. The summed E-state index contributed by atoms with van der Waals surface area (Å²) in [6, 6.07) is 1.41. The van der Waals surface area contributed by atoms with E-state index in [1.54, 1.807) is 0 Å². The number of rotatable bonds is 2. The molecule has 0 aliphatic heterocycles. The smallest absolute Gasteiger partial charge is 0.359 e. The molecule has 4 rings (SSSR count). The summed E-state index contributed by atoms with van der Waals surface area (Å²) in [6.45, 7) is 6.57. The number of halogens is 6. The van der Waals surface area contributed by atoms with Crippen LogP contribution in [0.25, 0.3) is 0 Å². The topological polar surface area (TPSA) is 24.1 Å². The van der Waals surface area contributed by atoms with Crippen LogP contribution < -0.4 is 10.6 Å². The van der Waals surface area contributed by atoms with E-state index in [9.17, 15) is 26.3 Å². The van der Waals surface area contributed by atoms with Gasteiger partial charge in [0.15, 0.2) is 5.11 Å². The molecular weight excluding hydrogens is 402 g/mol. The maximum atomic E-state index is 13.0. The standard InChI is InChI=1S/C19H22F6N2S/c1-9-14-7-10(17(14,2)3)8-15(9)27-16(28)26-13-5-11(18(20,21)22)4-12(6-13)19(23,24)25/h4-6,9-10,14-15H,7-8H2,1-3H3,(H2,26,27,28)/t9-,10+,14-,15-/m1/s1. The summed E-state index contributed by atoms with van der Waals surface area (Å²) in [5.41, 5.74) is -2.83. The van der Waals surface area contributed by atoms with E-state index in [4.69, 9.17) is 12.2 Å². The molecule has 2 bridgehead atoms. The van der Waals surface area contributed by atoms with Gasteiger partial charge in [0.25, 0.3) is 0 Å². The molecule has 0 heterocycles. The molecule has 2 nitrogen and oxygen atoms in total. The molecule has 2 N–H and O–H groups in total. The number of nitrogens with one attached hydrogen (secondary N) is 2. The second-order valence-corrected chi connectivity index (χ2v) is 8.86. The maximum absolute atomic E-state index is 13.0. The third-order valence-electron chi connectivity index (χ3n) is 6.52. The summed E-state index contributed by atoms with van der Waals surface area (Å²) in [4.78, 5) is 0. The highest BCUT2D eigenvalue weighted by Gasteiger charge is 2.56. The minimum absolute atomic E-state index is 0.0309. The van der Waals surface area contributed by atoms with Crippen LogP contribution in [0.15, 0.2) is 18.2 Å². The van der Waals surface area contributed by atoms with E-state index in [1.807, 2.05) is 0 Å². The molecule has 0 aromatic heterocycles. The number of thiocarbonyl (C=S) groups is 1. The fourth-order valence-corrected chi connectivity index (χ4v) is 4.97. The number of alkyl halides is 6. The average Bonchev–Trinajstić information content (AvgIpc) is 2.54. The van der Waals surface area contributed by atoms with Crippen molar-refractivity contribution in [2.75, 3.05) is 5.32 Å². The lowest BCUT2D eigenvalue weighted by molar-refractivity contribution is -0.143. The van der Waals surface area contributed by atoms with Crippen molar-refractivity contribution in [3.63, 3.8) is 0 Å². The third-order valence-corrected chi connectivity index (χ3v) is 6.74. The molecule has 1 aromatic carbocycles. The van der Waals surface area contributed by atoms with Crippen LogP contribution in [0.1, 0.15) is 44.7 Å². The Hall–Kier alpha value is -1.51. The van der Waals surface area contributed by atoms with Gasteiger partial charge in [-0.05, 0) is 66.4 Å². The monoisotopic (exact) mass is 424 g/mol. The van der Waals surface area contributed by atoms with Crippen LogP contribution in [0.3, 0.4) is 0 Å². The van der Waals surface area contributed by atoms with Crippen LogP contribution in [0.2, 0.25) is 0 Å². The van der Waals surface area contributed by atoms with Crippen LogP contribution in [-0.4, -0.2) is 11.2 Å². The van der Waals surface area contributed by atoms with Crippen LogP contribution in [0, 0.1) is 23.2 Å². The van der Waals surface area contributed by atoms with Crippen LogP contribution in [-0.2, 0) is 12.4 Å². The van der Waals surface area contributed by atoms with Crippen molar-refractivity contribution in [3.05, 3.63) is 29.3 Å². The first kappa shape index (κ1) is 21.2. The van der Waals surface area contributed by atoms with Gasteiger partial charge in [-0.1, -0.05) is 20.8 Å². The van der Waals surface area contributed by atoms with Crippen molar-refractivity contribution in [2.24, 2.45) is 23.2 Å². The molecule has 1 aromatic rings. The molecule has 3 aliphatic rings. The largest absolute Gasteiger partial charge is 0.416 e. The first-order valence-corrected chi connectivity index (χ1v) is 9.47. The number of hydrogen-bond acceptors (Lipinski definition) is 1. The number of fused-ring (bicyclic) bond motifs is 2. The van der Waals surface area contributed by atoms with Crippen molar-refractivity contribution < 1.29 is 26.3 Å². The number of anilines is 1. The Morgan fingerprint density at radius 3 is 1.96 bits per heavy atom. The Morgan fingerprint density at radius 2 is 1.54 bits per heavy atom. The average molecular weight is 424 g/mol. The van der Waals surface area contributed by atoms with E-state index in [1.165, 1.54) is 0 Å². The molecule has 3 aliphatic carbocycles. The van der Waals surface area contributed by atoms with Gasteiger partial charge in [-0.25, -0.2) is 0 Å². The Kier molecular flexibility index (Phi) is 5.13. The van der Waals surface area contributed by atoms with Crippen molar-refractivity contribution in [3.8, 4) is 0 Å². The normalized spacial score (nSPS) is 29.0. The minimum Gasteiger partial charge on any atom is -0.359 e. The number of hydrogen-bond donors (Lipinski definition) is 2. The highest BCUT2D eigenvalue weighted by Crippen LogP contribution is 2.61. The van der Waals surface area contributed by atoms with Gasteiger partial charge < -0.3 is 10.6 Å². The first-order valence-electron chi connectivity index (χ1n) is 9.06. The molecule has 3 fully saturated rings. The fraction of sp³-hybridized carbons (Fsp3) is 0.632. The molecule has 0 unspecified atom stereocenters. The lowest BCUT2D eigenvalue weighted by Gasteiger charge is -2.62. The Labute approximate surface area is 165 Å². The summed E-state index contributed by atoms with van der Waals surface area (Å²) in [5.74, 6) is 1.38. The van der Waals surface area contributed by atoms with E-state index >= 15 is 0 Å². The highest BCUT2D eigenvalue weighted by molar-refractivity contribution is 7.80. The zero-order chi connectivity index (χ0) is 21.1. The van der Waals surface area contributed by atoms with E-state index in [2.05, 4.69) is 31.4 Å². The zero-order valence-electron chi connectivity index (χ0n) is 15.6. The molecule has 9 heteroatoms. The van der Waals surface area contributed by atoms with E-state index in [0.29, 0.717) is 29.9 Å². The lowest BCUT2D eigenvalue weighted by atomic mass is 9.45. The van der Waals surface area contributed by atoms with Crippen LogP contribution in [0.4, 0.5) is 32.0 Å². The Bertz CT molecular complexity index is 738. The quantitative estimate of drug-likeness (QED) is 0.444. The molecule has 0 spiro atoms. The first-order chi connectivity index (χ1) is 12.7. The van der Waals surface area contributed by atoms with Gasteiger partial charge in [-0.3, -0.25) is 0 Å². The number of benzene rings is 1. The fourth-order valence-electron chi connectivity index (χ4n) is 4.70. The van der Waals surface area contributed by atoms with Gasteiger partial charge >= 0.3 is 12.4 Å². The molecule has 0 amide bonds.